The predicted molar refractivity (Wildman–Crippen MR) is 85.8 cm³/mol. The summed E-state index contributed by atoms with van der Waals surface area (Å²) in [7, 11) is 0. The van der Waals surface area contributed by atoms with E-state index >= 15 is 0 Å². The number of benzene rings is 2. The molecule has 0 radical (unpaired) electrons. The highest BCUT2D eigenvalue weighted by Gasteiger charge is 2.14. The smallest absolute Gasteiger partial charge is 0.341 e. The molecule has 3 rings (SSSR count). The first-order chi connectivity index (χ1) is 11.0. The minimum Gasteiger partial charge on any atom is -0.481 e. The molecule has 5 nitrogen and oxygen atoms in total. The Kier molecular flexibility index (Phi) is 3.85. The van der Waals surface area contributed by atoms with Crippen molar-refractivity contribution in [2.24, 2.45) is 0 Å². The Bertz CT molecular complexity index is 925. The summed E-state index contributed by atoms with van der Waals surface area (Å²) in [6.45, 7) is 1.36. The van der Waals surface area contributed by atoms with Gasteiger partial charge in [-0.2, -0.15) is 0 Å². The van der Waals surface area contributed by atoms with Crippen molar-refractivity contribution in [2.75, 3.05) is 6.61 Å². The van der Waals surface area contributed by atoms with Crippen molar-refractivity contribution in [3.05, 3.63) is 64.5 Å². The largest absolute Gasteiger partial charge is 0.481 e. The van der Waals surface area contributed by atoms with Crippen LogP contribution in [0.15, 0.2) is 57.7 Å². The minimum absolute atomic E-state index is 0.372. The van der Waals surface area contributed by atoms with Crippen molar-refractivity contribution >= 4 is 16.9 Å². The van der Waals surface area contributed by atoms with Gasteiger partial charge in [0.2, 0.25) is 0 Å². The van der Waals surface area contributed by atoms with Crippen molar-refractivity contribution in [2.45, 2.75) is 6.92 Å². The van der Waals surface area contributed by atoms with Crippen LogP contribution in [0.2, 0.25) is 0 Å². The Morgan fingerprint density at radius 2 is 1.91 bits per heavy atom. The molecule has 116 valence electrons. The molecule has 0 saturated carbocycles. The van der Waals surface area contributed by atoms with Crippen LogP contribution in [0.25, 0.3) is 22.1 Å². The van der Waals surface area contributed by atoms with Gasteiger partial charge >= 0.3 is 11.6 Å². The van der Waals surface area contributed by atoms with Crippen molar-refractivity contribution in [1.29, 1.82) is 0 Å². The van der Waals surface area contributed by atoms with Gasteiger partial charge < -0.3 is 14.3 Å². The molecule has 0 atom stereocenters. The third-order valence-corrected chi connectivity index (χ3v) is 3.39. The van der Waals surface area contributed by atoms with Gasteiger partial charge in [-0.3, -0.25) is 0 Å². The van der Waals surface area contributed by atoms with Crippen molar-refractivity contribution < 1.29 is 19.1 Å². The van der Waals surface area contributed by atoms with Crippen molar-refractivity contribution in [3.8, 4) is 16.9 Å². The summed E-state index contributed by atoms with van der Waals surface area (Å²) in [5, 5.41) is 9.43. The SMILES string of the molecule is Cc1cc(OCC(=O)O)c2c(-c3ccccc3)cc(=O)oc2c1. The molecular formula is C18H14O5. The van der Waals surface area contributed by atoms with Crippen LogP contribution in [-0.4, -0.2) is 17.7 Å². The van der Waals surface area contributed by atoms with E-state index in [1.54, 1.807) is 12.1 Å². The van der Waals surface area contributed by atoms with E-state index in [4.69, 9.17) is 14.3 Å². The summed E-state index contributed by atoms with van der Waals surface area (Å²) < 4.78 is 10.7. The molecule has 1 N–H and O–H groups in total. The molecule has 2 aromatic carbocycles. The van der Waals surface area contributed by atoms with Crippen LogP contribution in [0.3, 0.4) is 0 Å². The molecule has 1 heterocycles. The maximum Gasteiger partial charge on any atom is 0.341 e. The molecule has 0 aliphatic rings. The standard InChI is InChI=1S/C18H14O5/c1-11-7-14(22-10-16(19)20)18-13(12-5-3-2-4-6-12)9-17(21)23-15(18)8-11/h2-9H,10H2,1H3,(H,19,20). The van der Waals surface area contributed by atoms with Crippen LogP contribution in [0, 0.1) is 6.92 Å². The Labute approximate surface area is 131 Å². The fourth-order valence-corrected chi connectivity index (χ4v) is 2.49. The van der Waals surface area contributed by atoms with Crippen LogP contribution < -0.4 is 10.4 Å². The zero-order valence-electron chi connectivity index (χ0n) is 12.4. The van der Waals surface area contributed by atoms with Crippen LogP contribution in [-0.2, 0) is 4.79 Å². The zero-order chi connectivity index (χ0) is 16.4. The molecule has 0 aliphatic heterocycles. The van der Waals surface area contributed by atoms with Crippen LogP contribution in [0.1, 0.15) is 5.56 Å². The Morgan fingerprint density at radius 1 is 1.17 bits per heavy atom. The quantitative estimate of drug-likeness (QED) is 0.749. The monoisotopic (exact) mass is 310 g/mol. The van der Waals surface area contributed by atoms with E-state index in [0.29, 0.717) is 22.3 Å². The number of hydrogen-bond donors (Lipinski definition) is 1. The summed E-state index contributed by atoms with van der Waals surface area (Å²) in [5.41, 5.74) is 2.20. The van der Waals surface area contributed by atoms with Gasteiger partial charge in [0.25, 0.3) is 0 Å². The number of ether oxygens (including phenoxy) is 1. The fourth-order valence-electron chi connectivity index (χ4n) is 2.49. The second kappa shape index (κ2) is 5.96. The van der Waals surface area contributed by atoms with E-state index in [-0.39, 0.29) is 0 Å². The summed E-state index contributed by atoms with van der Waals surface area (Å²) in [6, 6.07) is 14.2. The number of carbonyl (C=O) groups is 1. The fraction of sp³-hybridized carbons (Fsp3) is 0.111. The predicted octanol–water partition coefficient (Wildman–Crippen LogP) is 3.23. The highest BCUT2D eigenvalue weighted by molar-refractivity contribution is 5.98. The first kappa shape index (κ1) is 14.8. The molecule has 1 aromatic heterocycles. The normalized spacial score (nSPS) is 10.7. The lowest BCUT2D eigenvalue weighted by Crippen LogP contribution is -2.10. The molecule has 5 heteroatoms. The highest BCUT2D eigenvalue weighted by atomic mass is 16.5. The Morgan fingerprint density at radius 3 is 2.61 bits per heavy atom. The van der Waals surface area contributed by atoms with Gasteiger partial charge in [0, 0.05) is 11.6 Å². The molecule has 0 spiro atoms. The first-order valence-electron chi connectivity index (χ1n) is 7.03. The molecule has 0 saturated heterocycles. The maximum absolute atomic E-state index is 11.9. The van der Waals surface area contributed by atoms with Gasteiger partial charge in [0.1, 0.15) is 11.3 Å². The lowest BCUT2D eigenvalue weighted by atomic mass is 10.0. The third kappa shape index (κ3) is 3.08. The highest BCUT2D eigenvalue weighted by Crippen LogP contribution is 2.35. The first-order valence-corrected chi connectivity index (χ1v) is 7.03. The number of fused-ring (bicyclic) bond motifs is 1. The average molecular weight is 310 g/mol. The number of rotatable bonds is 4. The van der Waals surface area contributed by atoms with Crippen molar-refractivity contribution in [1.82, 2.24) is 0 Å². The second-order valence-electron chi connectivity index (χ2n) is 5.16. The van der Waals surface area contributed by atoms with Crippen LogP contribution in [0.5, 0.6) is 5.75 Å². The molecule has 0 unspecified atom stereocenters. The lowest BCUT2D eigenvalue weighted by molar-refractivity contribution is -0.139. The summed E-state index contributed by atoms with van der Waals surface area (Å²) in [4.78, 5) is 22.7. The van der Waals surface area contributed by atoms with Gasteiger partial charge in [0.15, 0.2) is 6.61 Å². The van der Waals surface area contributed by atoms with Gasteiger partial charge in [-0.15, -0.1) is 0 Å². The Balaban J connectivity index is 2.30. The van der Waals surface area contributed by atoms with E-state index in [1.165, 1.54) is 6.07 Å². The lowest BCUT2D eigenvalue weighted by Gasteiger charge is -2.12. The minimum atomic E-state index is -1.07. The van der Waals surface area contributed by atoms with Gasteiger partial charge in [0.05, 0.1) is 5.39 Å². The molecular weight excluding hydrogens is 296 g/mol. The molecule has 3 aromatic rings. The summed E-state index contributed by atoms with van der Waals surface area (Å²) in [5.74, 6) is -0.691. The molecule has 0 fully saturated rings. The number of aliphatic carboxylic acids is 1. The number of carboxylic acid groups (broad SMARTS) is 1. The zero-order valence-corrected chi connectivity index (χ0v) is 12.4. The van der Waals surface area contributed by atoms with E-state index in [9.17, 15) is 9.59 Å². The van der Waals surface area contributed by atoms with E-state index < -0.39 is 18.2 Å². The maximum atomic E-state index is 11.9. The number of carboxylic acids is 1. The summed E-state index contributed by atoms with van der Waals surface area (Å²) >= 11 is 0. The average Bonchev–Trinajstić information content (AvgIpc) is 2.52. The van der Waals surface area contributed by atoms with Gasteiger partial charge in [-0.1, -0.05) is 30.3 Å². The molecule has 0 bridgehead atoms. The van der Waals surface area contributed by atoms with Crippen LogP contribution >= 0.6 is 0 Å². The molecule has 23 heavy (non-hydrogen) atoms. The second-order valence-corrected chi connectivity index (χ2v) is 5.16. The van der Waals surface area contributed by atoms with E-state index in [1.807, 2.05) is 37.3 Å². The molecule has 0 amide bonds. The molecule has 0 aliphatic carbocycles. The Hall–Kier alpha value is -3.08. The van der Waals surface area contributed by atoms with Crippen molar-refractivity contribution in [3.63, 3.8) is 0 Å². The summed E-state index contributed by atoms with van der Waals surface area (Å²) in [6.07, 6.45) is 0. The van der Waals surface area contributed by atoms with Gasteiger partial charge in [-0.25, -0.2) is 9.59 Å². The van der Waals surface area contributed by atoms with E-state index in [2.05, 4.69) is 0 Å². The third-order valence-electron chi connectivity index (χ3n) is 3.39. The van der Waals surface area contributed by atoms with Crippen LogP contribution in [0.4, 0.5) is 0 Å². The number of hydrogen-bond acceptors (Lipinski definition) is 4. The van der Waals surface area contributed by atoms with E-state index in [0.717, 1.165) is 11.1 Å². The number of aryl methyl sites for hydroxylation is 1. The van der Waals surface area contributed by atoms with Gasteiger partial charge in [-0.05, 0) is 30.2 Å². The topological polar surface area (TPSA) is 76.7 Å².